The van der Waals surface area contributed by atoms with Crippen molar-refractivity contribution in [1.82, 2.24) is 9.55 Å². The number of benzene rings is 1. The van der Waals surface area contributed by atoms with Gasteiger partial charge in [-0.2, -0.15) is 0 Å². The van der Waals surface area contributed by atoms with Crippen LogP contribution in [0.1, 0.15) is 42.4 Å². The molecule has 0 bridgehead atoms. The van der Waals surface area contributed by atoms with Crippen molar-refractivity contribution < 1.29 is 14.6 Å². The molecule has 2 aromatic rings. The van der Waals surface area contributed by atoms with Crippen LogP contribution in [0.15, 0.2) is 18.2 Å². The van der Waals surface area contributed by atoms with Crippen molar-refractivity contribution in [2.24, 2.45) is 0 Å². The fourth-order valence-corrected chi connectivity index (χ4v) is 2.97. The molecule has 5 nitrogen and oxygen atoms in total. The lowest BCUT2D eigenvalue weighted by Crippen LogP contribution is -2.12. The summed E-state index contributed by atoms with van der Waals surface area (Å²) in [6.07, 6.45) is 4.38. The highest BCUT2D eigenvalue weighted by molar-refractivity contribution is 5.92. The first kappa shape index (κ1) is 14.1. The molecule has 1 saturated heterocycles. The Morgan fingerprint density at radius 2 is 2.38 bits per heavy atom. The smallest absolute Gasteiger partial charge is 0.335 e. The lowest BCUT2D eigenvalue weighted by Gasteiger charge is -2.12. The van der Waals surface area contributed by atoms with Crippen LogP contribution in [0, 0.1) is 0 Å². The Kier molecular flexibility index (Phi) is 3.92. The van der Waals surface area contributed by atoms with Crippen LogP contribution in [0.3, 0.4) is 0 Å². The van der Waals surface area contributed by atoms with E-state index in [0.29, 0.717) is 11.7 Å². The zero-order valence-electron chi connectivity index (χ0n) is 12.2. The standard InChI is InChI=1S/C16H20N2O3/c1-2-15-17-13-6-5-11(16(19)20)10-14(13)18(15)8-7-12-4-3-9-21-12/h5-6,10,12H,2-4,7-9H2,1H3,(H,19,20). The van der Waals surface area contributed by atoms with Crippen molar-refractivity contribution in [3.8, 4) is 0 Å². The summed E-state index contributed by atoms with van der Waals surface area (Å²) in [7, 11) is 0. The maximum Gasteiger partial charge on any atom is 0.335 e. The summed E-state index contributed by atoms with van der Waals surface area (Å²) in [6, 6.07) is 5.13. The van der Waals surface area contributed by atoms with E-state index in [9.17, 15) is 4.79 Å². The highest BCUT2D eigenvalue weighted by Gasteiger charge is 2.17. The molecule has 1 aliphatic rings. The van der Waals surface area contributed by atoms with Crippen LogP contribution in [-0.4, -0.2) is 33.3 Å². The van der Waals surface area contributed by atoms with Crippen molar-refractivity contribution in [2.45, 2.75) is 45.3 Å². The van der Waals surface area contributed by atoms with Crippen molar-refractivity contribution >= 4 is 17.0 Å². The van der Waals surface area contributed by atoms with E-state index in [4.69, 9.17) is 9.84 Å². The minimum Gasteiger partial charge on any atom is -0.478 e. The number of aryl methyl sites for hydroxylation is 2. The normalized spacial score (nSPS) is 18.4. The predicted octanol–water partition coefficient (Wildman–Crippen LogP) is 2.87. The van der Waals surface area contributed by atoms with Gasteiger partial charge >= 0.3 is 5.97 Å². The Morgan fingerprint density at radius 3 is 3.05 bits per heavy atom. The van der Waals surface area contributed by atoms with E-state index in [1.165, 1.54) is 0 Å². The molecule has 1 fully saturated rings. The van der Waals surface area contributed by atoms with Crippen LogP contribution >= 0.6 is 0 Å². The maximum absolute atomic E-state index is 11.1. The molecule has 3 rings (SSSR count). The Labute approximate surface area is 123 Å². The summed E-state index contributed by atoms with van der Waals surface area (Å²) in [6.45, 7) is 3.76. The van der Waals surface area contributed by atoms with Crippen molar-refractivity contribution in [1.29, 1.82) is 0 Å². The van der Waals surface area contributed by atoms with Crippen LogP contribution in [-0.2, 0) is 17.7 Å². The van der Waals surface area contributed by atoms with Crippen LogP contribution in [0.5, 0.6) is 0 Å². The minimum absolute atomic E-state index is 0.309. The number of nitrogens with zero attached hydrogens (tertiary/aromatic N) is 2. The fourth-order valence-electron chi connectivity index (χ4n) is 2.97. The number of hydrogen-bond acceptors (Lipinski definition) is 3. The topological polar surface area (TPSA) is 64.3 Å². The zero-order valence-corrected chi connectivity index (χ0v) is 12.2. The average molecular weight is 288 g/mol. The lowest BCUT2D eigenvalue weighted by atomic mass is 10.1. The number of aromatic nitrogens is 2. The second-order valence-corrected chi connectivity index (χ2v) is 5.47. The average Bonchev–Trinajstić information content (AvgIpc) is 3.11. The molecule has 0 saturated carbocycles. The fraction of sp³-hybridized carbons (Fsp3) is 0.500. The van der Waals surface area contributed by atoms with E-state index in [0.717, 1.165) is 55.7 Å². The van der Waals surface area contributed by atoms with E-state index in [-0.39, 0.29) is 0 Å². The van der Waals surface area contributed by atoms with Gasteiger partial charge in [0.05, 0.1) is 22.7 Å². The Hall–Kier alpha value is -1.88. The molecule has 0 aliphatic carbocycles. The third kappa shape index (κ3) is 2.78. The lowest BCUT2D eigenvalue weighted by molar-refractivity contribution is 0.0697. The van der Waals surface area contributed by atoms with E-state index < -0.39 is 5.97 Å². The van der Waals surface area contributed by atoms with Gasteiger partial charge in [0.25, 0.3) is 0 Å². The number of carboxylic acids is 1. The molecule has 1 aromatic heterocycles. The number of rotatable bonds is 5. The number of carbonyl (C=O) groups is 1. The number of imidazole rings is 1. The summed E-state index contributed by atoms with van der Waals surface area (Å²) in [5.41, 5.74) is 2.08. The number of fused-ring (bicyclic) bond motifs is 1. The minimum atomic E-state index is -0.901. The van der Waals surface area contributed by atoms with Crippen molar-refractivity contribution in [3.63, 3.8) is 0 Å². The quantitative estimate of drug-likeness (QED) is 0.918. The molecule has 1 atom stereocenters. The van der Waals surface area contributed by atoms with Gasteiger partial charge in [-0.15, -0.1) is 0 Å². The predicted molar refractivity (Wildman–Crippen MR) is 79.7 cm³/mol. The molecule has 2 heterocycles. The van der Waals surface area contributed by atoms with Crippen molar-refractivity contribution in [2.75, 3.05) is 6.61 Å². The maximum atomic E-state index is 11.1. The summed E-state index contributed by atoms with van der Waals surface area (Å²) in [4.78, 5) is 15.8. The van der Waals surface area contributed by atoms with Crippen LogP contribution < -0.4 is 0 Å². The molecule has 1 unspecified atom stereocenters. The van der Waals surface area contributed by atoms with E-state index in [1.54, 1.807) is 18.2 Å². The van der Waals surface area contributed by atoms with Gasteiger partial charge in [-0.05, 0) is 37.5 Å². The van der Waals surface area contributed by atoms with Gasteiger partial charge in [-0.3, -0.25) is 0 Å². The molecule has 1 aliphatic heterocycles. The van der Waals surface area contributed by atoms with Gasteiger partial charge in [-0.25, -0.2) is 9.78 Å². The van der Waals surface area contributed by atoms with Crippen molar-refractivity contribution in [3.05, 3.63) is 29.6 Å². The molecule has 1 N–H and O–H groups in total. The largest absolute Gasteiger partial charge is 0.478 e. The van der Waals surface area contributed by atoms with Gasteiger partial charge in [0, 0.05) is 19.6 Å². The third-order valence-corrected chi connectivity index (χ3v) is 4.09. The zero-order chi connectivity index (χ0) is 14.8. The Bertz CT molecular complexity index is 657. The highest BCUT2D eigenvalue weighted by Crippen LogP contribution is 2.22. The molecule has 112 valence electrons. The Morgan fingerprint density at radius 1 is 1.52 bits per heavy atom. The van der Waals surface area contributed by atoms with Crippen LogP contribution in [0.2, 0.25) is 0 Å². The molecule has 5 heteroatoms. The number of hydrogen-bond donors (Lipinski definition) is 1. The summed E-state index contributed by atoms with van der Waals surface area (Å²) in [5.74, 6) is 0.104. The molecular weight excluding hydrogens is 268 g/mol. The van der Waals surface area contributed by atoms with Crippen LogP contribution in [0.4, 0.5) is 0 Å². The van der Waals surface area contributed by atoms with Gasteiger partial charge in [0.15, 0.2) is 0 Å². The van der Waals surface area contributed by atoms with E-state index in [2.05, 4.69) is 16.5 Å². The molecular formula is C16H20N2O3. The molecule has 0 radical (unpaired) electrons. The van der Waals surface area contributed by atoms with Gasteiger partial charge < -0.3 is 14.4 Å². The van der Waals surface area contributed by atoms with Gasteiger partial charge in [0.1, 0.15) is 5.82 Å². The SMILES string of the molecule is CCc1nc2ccc(C(=O)O)cc2n1CCC1CCCO1. The van der Waals surface area contributed by atoms with E-state index in [1.807, 2.05) is 0 Å². The van der Waals surface area contributed by atoms with Gasteiger partial charge in [0.2, 0.25) is 0 Å². The molecule has 21 heavy (non-hydrogen) atoms. The molecule has 0 amide bonds. The molecule has 1 aromatic carbocycles. The summed E-state index contributed by atoms with van der Waals surface area (Å²) < 4.78 is 7.81. The molecule has 0 spiro atoms. The first-order chi connectivity index (χ1) is 10.2. The number of carboxylic acid groups (broad SMARTS) is 1. The van der Waals surface area contributed by atoms with Gasteiger partial charge in [-0.1, -0.05) is 6.92 Å². The van der Waals surface area contributed by atoms with E-state index >= 15 is 0 Å². The third-order valence-electron chi connectivity index (χ3n) is 4.09. The summed E-state index contributed by atoms with van der Waals surface area (Å²) >= 11 is 0. The monoisotopic (exact) mass is 288 g/mol. The number of ether oxygens (including phenoxy) is 1. The van der Waals surface area contributed by atoms with Crippen LogP contribution in [0.25, 0.3) is 11.0 Å². The Balaban J connectivity index is 1.92. The summed E-state index contributed by atoms with van der Waals surface area (Å²) in [5, 5.41) is 9.15. The second-order valence-electron chi connectivity index (χ2n) is 5.47. The highest BCUT2D eigenvalue weighted by atomic mass is 16.5. The first-order valence-corrected chi connectivity index (χ1v) is 7.53. The number of aromatic carboxylic acids is 1. The second kappa shape index (κ2) is 5.85. The first-order valence-electron chi connectivity index (χ1n) is 7.53.